The molecule has 1 saturated carbocycles. The van der Waals surface area contributed by atoms with E-state index < -0.39 is 0 Å². The summed E-state index contributed by atoms with van der Waals surface area (Å²) in [5, 5.41) is 4.47. The van der Waals surface area contributed by atoms with E-state index in [0.29, 0.717) is 17.4 Å². The third kappa shape index (κ3) is 3.69. The standard InChI is InChI=1S/C25H26ClNO2/c26-18-12-9-16(10-13-18)24-21-8-4-7-20(21)22-15-17(11-14-23(22)27-24)25(28)29-19-5-2-1-3-6-19/h4,7,9-15,19-21,24,27H,1-3,5-6,8H2/t20-,21+,24-/m0/s1. The predicted molar refractivity (Wildman–Crippen MR) is 117 cm³/mol. The Kier molecular flexibility index (Phi) is 5.09. The van der Waals surface area contributed by atoms with Crippen molar-refractivity contribution in [2.45, 2.75) is 56.6 Å². The fourth-order valence-corrected chi connectivity index (χ4v) is 5.25. The summed E-state index contributed by atoms with van der Waals surface area (Å²) in [5.41, 5.74) is 4.22. The number of benzene rings is 2. The number of carbonyl (C=O) groups is 1. The summed E-state index contributed by atoms with van der Waals surface area (Å²) in [5.74, 6) is 0.570. The molecule has 0 radical (unpaired) electrons. The van der Waals surface area contributed by atoms with Gasteiger partial charge in [0, 0.05) is 16.6 Å². The van der Waals surface area contributed by atoms with Gasteiger partial charge < -0.3 is 10.1 Å². The summed E-state index contributed by atoms with van der Waals surface area (Å²) in [6, 6.07) is 14.3. The molecule has 1 aliphatic heterocycles. The van der Waals surface area contributed by atoms with E-state index in [1.807, 2.05) is 30.3 Å². The zero-order chi connectivity index (χ0) is 19.8. The largest absolute Gasteiger partial charge is 0.459 e. The number of halogens is 1. The van der Waals surface area contributed by atoms with E-state index in [1.54, 1.807) is 0 Å². The minimum atomic E-state index is -0.182. The summed E-state index contributed by atoms with van der Waals surface area (Å²) in [4.78, 5) is 12.7. The number of anilines is 1. The molecule has 3 aliphatic rings. The van der Waals surface area contributed by atoms with Crippen molar-refractivity contribution in [3.63, 3.8) is 0 Å². The molecule has 1 fully saturated rings. The van der Waals surface area contributed by atoms with Crippen molar-refractivity contribution in [1.82, 2.24) is 0 Å². The van der Waals surface area contributed by atoms with Crippen LogP contribution < -0.4 is 5.32 Å². The molecule has 3 atom stereocenters. The van der Waals surface area contributed by atoms with Crippen molar-refractivity contribution in [3.8, 4) is 0 Å². The maximum Gasteiger partial charge on any atom is 0.338 e. The Balaban J connectivity index is 1.41. The molecule has 2 aromatic carbocycles. The number of hydrogen-bond donors (Lipinski definition) is 1. The maximum absolute atomic E-state index is 12.7. The first kappa shape index (κ1) is 18.7. The van der Waals surface area contributed by atoms with Crippen molar-refractivity contribution in [3.05, 3.63) is 76.3 Å². The van der Waals surface area contributed by atoms with Crippen molar-refractivity contribution in [2.24, 2.45) is 5.92 Å². The van der Waals surface area contributed by atoms with Crippen LogP contribution in [-0.4, -0.2) is 12.1 Å². The van der Waals surface area contributed by atoms with Crippen LogP contribution in [0.15, 0.2) is 54.6 Å². The number of nitrogens with one attached hydrogen (secondary N) is 1. The number of esters is 1. The molecule has 1 heterocycles. The second kappa shape index (κ2) is 7.87. The maximum atomic E-state index is 12.7. The molecule has 150 valence electrons. The lowest BCUT2D eigenvalue weighted by atomic mass is 9.76. The Morgan fingerprint density at radius 1 is 1.03 bits per heavy atom. The molecule has 2 aromatic rings. The van der Waals surface area contributed by atoms with Crippen LogP contribution in [0, 0.1) is 5.92 Å². The van der Waals surface area contributed by atoms with Gasteiger partial charge in [-0.2, -0.15) is 0 Å². The Morgan fingerprint density at radius 2 is 1.83 bits per heavy atom. The molecule has 0 amide bonds. The Bertz CT molecular complexity index is 930. The van der Waals surface area contributed by atoms with Crippen molar-refractivity contribution in [2.75, 3.05) is 5.32 Å². The van der Waals surface area contributed by atoms with E-state index in [0.717, 1.165) is 42.8 Å². The van der Waals surface area contributed by atoms with Crippen LogP contribution in [0.5, 0.6) is 0 Å². The summed E-state index contributed by atoms with van der Waals surface area (Å²) in [6.07, 6.45) is 11.2. The minimum Gasteiger partial charge on any atom is -0.459 e. The monoisotopic (exact) mass is 407 g/mol. The van der Waals surface area contributed by atoms with Gasteiger partial charge in [-0.15, -0.1) is 0 Å². The third-order valence-corrected chi connectivity index (χ3v) is 6.91. The molecule has 0 saturated heterocycles. The van der Waals surface area contributed by atoms with E-state index >= 15 is 0 Å². The highest BCUT2D eigenvalue weighted by Gasteiger charge is 2.38. The van der Waals surface area contributed by atoms with Crippen LogP contribution in [-0.2, 0) is 4.74 Å². The lowest BCUT2D eigenvalue weighted by Crippen LogP contribution is -2.29. The first-order chi connectivity index (χ1) is 14.2. The first-order valence-electron chi connectivity index (χ1n) is 10.7. The highest BCUT2D eigenvalue weighted by atomic mass is 35.5. The van der Waals surface area contributed by atoms with Crippen LogP contribution in [0.3, 0.4) is 0 Å². The van der Waals surface area contributed by atoms with Crippen molar-refractivity contribution in [1.29, 1.82) is 0 Å². The van der Waals surface area contributed by atoms with Gasteiger partial charge in [0.2, 0.25) is 0 Å². The summed E-state index contributed by atoms with van der Waals surface area (Å²) in [6.45, 7) is 0. The zero-order valence-electron chi connectivity index (χ0n) is 16.4. The molecule has 5 rings (SSSR count). The van der Waals surface area contributed by atoms with Gasteiger partial charge in [0.05, 0.1) is 11.6 Å². The Labute approximate surface area is 177 Å². The van der Waals surface area contributed by atoms with Gasteiger partial charge >= 0.3 is 5.97 Å². The molecule has 1 N–H and O–H groups in total. The van der Waals surface area contributed by atoms with E-state index in [-0.39, 0.29) is 18.1 Å². The molecule has 0 bridgehead atoms. The second-order valence-corrected chi connectivity index (χ2v) is 8.93. The quantitative estimate of drug-likeness (QED) is 0.456. The molecule has 4 heteroatoms. The van der Waals surface area contributed by atoms with E-state index in [1.165, 1.54) is 17.5 Å². The van der Waals surface area contributed by atoms with E-state index in [9.17, 15) is 4.79 Å². The van der Waals surface area contributed by atoms with Crippen molar-refractivity contribution < 1.29 is 9.53 Å². The molecule has 0 unspecified atom stereocenters. The molecular formula is C25H26ClNO2. The smallest absolute Gasteiger partial charge is 0.338 e. The summed E-state index contributed by atoms with van der Waals surface area (Å²) < 4.78 is 5.79. The average Bonchev–Trinajstić information content (AvgIpc) is 3.24. The second-order valence-electron chi connectivity index (χ2n) is 8.49. The SMILES string of the molecule is O=C(OC1CCCCC1)c1ccc2c(c1)[C@H]1C=CC[C@H]1[C@H](c1ccc(Cl)cc1)N2. The Morgan fingerprint density at radius 3 is 2.62 bits per heavy atom. The first-order valence-corrected chi connectivity index (χ1v) is 11.1. The van der Waals surface area contributed by atoms with Gasteiger partial charge in [-0.3, -0.25) is 0 Å². The lowest BCUT2D eigenvalue weighted by Gasteiger charge is -2.37. The third-order valence-electron chi connectivity index (χ3n) is 6.65. The van der Waals surface area contributed by atoms with Gasteiger partial charge in [0.1, 0.15) is 6.10 Å². The topological polar surface area (TPSA) is 38.3 Å². The van der Waals surface area contributed by atoms with Crippen LogP contribution >= 0.6 is 11.6 Å². The number of fused-ring (bicyclic) bond motifs is 3. The summed E-state index contributed by atoms with van der Waals surface area (Å²) in [7, 11) is 0. The van der Waals surface area contributed by atoms with Crippen LogP contribution in [0.4, 0.5) is 5.69 Å². The Hall–Kier alpha value is -2.26. The fraction of sp³-hybridized carbons (Fsp3) is 0.400. The number of allylic oxidation sites excluding steroid dienone is 2. The molecule has 0 aromatic heterocycles. The van der Waals surface area contributed by atoms with E-state index in [2.05, 4.69) is 29.6 Å². The van der Waals surface area contributed by atoms with Gasteiger partial charge in [-0.1, -0.05) is 42.3 Å². The molecule has 29 heavy (non-hydrogen) atoms. The lowest BCUT2D eigenvalue weighted by molar-refractivity contribution is 0.0211. The minimum absolute atomic E-state index is 0.0822. The number of ether oxygens (including phenoxy) is 1. The van der Waals surface area contributed by atoms with Crippen LogP contribution in [0.25, 0.3) is 0 Å². The molecular weight excluding hydrogens is 382 g/mol. The molecule has 0 spiro atoms. The molecule has 2 aliphatic carbocycles. The van der Waals surface area contributed by atoms with Crippen LogP contribution in [0.1, 0.15) is 72.0 Å². The normalized spacial score (nSPS) is 25.8. The number of carbonyl (C=O) groups excluding carboxylic acids is 1. The molecule has 3 nitrogen and oxygen atoms in total. The van der Waals surface area contributed by atoms with Gasteiger partial charge in [-0.25, -0.2) is 4.79 Å². The van der Waals surface area contributed by atoms with Gasteiger partial charge in [0.15, 0.2) is 0 Å². The fourth-order valence-electron chi connectivity index (χ4n) is 5.12. The van der Waals surface area contributed by atoms with Crippen molar-refractivity contribution >= 4 is 23.3 Å². The average molecular weight is 408 g/mol. The zero-order valence-corrected chi connectivity index (χ0v) is 17.2. The highest BCUT2D eigenvalue weighted by Crippen LogP contribution is 2.50. The predicted octanol–water partition coefficient (Wildman–Crippen LogP) is 6.66. The van der Waals surface area contributed by atoms with E-state index in [4.69, 9.17) is 16.3 Å². The van der Waals surface area contributed by atoms with Gasteiger partial charge in [0.25, 0.3) is 0 Å². The number of rotatable bonds is 3. The van der Waals surface area contributed by atoms with Gasteiger partial charge in [-0.05, 0) is 79.5 Å². The summed E-state index contributed by atoms with van der Waals surface area (Å²) >= 11 is 6.08. The van der Waals surface area contributed by atoms with Crippen LogP contribution in [0.2, 0.25) is 5.02 Å². The number of hydrogen-bond acceptors (Lipinski definition) is 3. The highest BCUT2D eigenvalue weighted by molar-refractivity contribution is 6.30.